The highest BCUT2D eigenvalue weighted by atomic mass is 35.5. The molecule has 1 heterocycles. The molecule has 0 fully saturated rings. The second-order valence-corrected chi connectivity index (χ2v) is 11.1. The molecule has 1 aliphatic rings. The first-order valence-electron chi connectivity index (χ1n) is 11.7. The Labute approximate surface area is 227 Å². The van der Waals surface area contributed by atoms with Gasteiger partial charge in [-0.25, -0.2) is 4.99 Å². The van der Waals surface area contributed by atoms with Crippen molar-refractivity contribution in [3.63, 3.8) is 0 Å². The molecule has 37 heavy (non-hydrogen) atoms. The Hall–Kier alpha value is -3.46. The van der Waals surface area contributed by atoms with Gasteiger partial charge in [0.1, 0.15) is 5.00 Å². The van der Waals surface area contributed by atoms with Crippen LogP contribution in [0.5, 0.6) is 0 Å². The van der Waals surface area contributed by atoms with Crippen molar-refractivity contribution in [2.24, 2.45) is 4.99 Å². The van der Waals surface area contributed by atoms with Crippen LogP contribution in [-0.4, -0.2) is 17.0 Å². The van der Waals surface area contributed by atoms with Gasteiger partial charge in [-0.2, -0.15) is 0 Å². The van der Waals surface area contributed by atoms with Crippen LogP contribution < -0.4 is 5.32 Å². The number of amides is 1. The number of fused-ring (bicyclic) bond motifs is 1. The van der Waals surface area contributed by atoms with Gasteiger partial charge in [0.2, 0.25) is 0 Å². The van der Waals surface area contributed by atoms with Crippen LogP contribution >= 0.6 is 34.7 Å². The van der Waals surface area contributed by atoms with E-state index in [1.54, 1.807) is 24.4 Å². The number of nitro groups is 1. The lowest BCUT2D eigenvalue weighted by Gasteiger charge is -2.12. The number of para-hydroxylation sites is 1. The van der Waals surface area contributed by atoms with E-state index < -0.39 is 4.92 Å². The van der Waals surface area contributed by atoms with Gasteiger partial charge in [-0.3, -0.25) is 14.9 Å². The van der Waals surface area contributed by atoms with Crippen molar-refractivity contribution in [3.05, 3.63) is 110 Å². The molecule has 186 valence electrons. The predicted octanol–water partition coefficient (Wildman–Crippen LogP) is 8.34. The third-order valence-electron chi connectivity index (χ3n) is 5.98. The minimum absolute atomic E-state index is 0.0191. The minimum Gasteiger partial charge on any atom is -0.322 e. The predicted molar refractivity (Wildman–Crippen MR) is 151 cm³/mol. The van der Waals surface area contributed by atoms with E-state index in [2.05, 4.69) is 5.32 Å². The number of benzene rings is 3. The first kappa shape index (κ1) is 25.2. The number of rotatable bonds is 7. The number of carbonyl (C=O) groups is 1. The largest absolute Gasteiger partial charge is 0.322 e. The molecule has 1 aliphatic carbocycles. The van der Waals surface area contributed by atoms with Crippen molar-refractivity contribution >= 4 is 63.2 Å². The van der Waals surface area contributed by atoms with Gasteiger partial charge >= 0.3 is 0 Å². The molecule has 0 unspecified atom stereocenters. The molecule has 4 aromatic rings. The lowest BCUT2D eigenvalue weighted by molar-refractivity contribution is -0.384. The van der Waals surface area contributed by atoms with Crippen molar-refractivity contribution in [1.82, 2.24) is 0 Å². The molecule has 0 bridgehead atoms. The number of aryl methyl sites for hydroxylation is 1. The molecule has 0 spiro atoms. The highest BCUT2D eigenvalue weighted by Crippen LogP contribution is 2.41. The van der Waals surface area contributed by atoms with Crippen LogP contribution in [0.15, 0.2) is 87.6 Å². The van der Waals surface area contributed by atoms with Crippen molar-refractivity contribution in [2.45, 2.75) is 35.5 Å². The summed E-state index contributed by atoms with van der Waals surface area (Å²) < 4.78 is 0. The molecule has 1 aromatic heterocycles. The summed E-state index contributed by atoms with van der Waals surface area (Å²) in [6.45, 7) is 0. The number of thiophene rings is 1. The number of hydrogen-bond donors (Lipinski definition) is 1. The second kappa shape index (κ2) is 11.3. The molecule has 3 aromatic carbocycles. The van der Waals surface area contributed by atoms with Crippen molar-refractivity contribution < 1.29 is 9.72 Å². The fraction of sp³-hybridized carbons (Fsp3) is 0.143. The van der Waals surface area contributed by atoms with E-state index in [0.717, 1.165) is 46.7 Å². The van der Waals surface area contributed by atoms with Crippen LogP contribution in [0.1, 0.15) is 39.2 Å². The summed E-state index contributed by atoms with van der Waals surface area (Å²) in [7, 11) is 0. The SMILES string of the molecule is O=C(Nc1ccccc1)c1c(N=Cc2cc([N+](=O)[O-])ccc2Sc2ccc(Cl)cc2)sc2c1CCCC2. The van der Waals surface area contributed by atoms with E-state index in [9.17, 15) is 14.9 Å². The van der Waals surface area contributed by atoms with Gasteiger partial charge in [-0.05, 0) is 73.7 Å². The summed E-state index contributed by atoms with van der Waals surface area (Å²) in [5.74, 6) is -0.187. The Morgan fingerprint density at radius 3 is 2.57 bits per heavy atom. The van der Waals surface area contributed by atoms with Crippen LogP contribution in [0.4, 0.5) is 16.4 Å². The molecule has 5 rings (SSSR count). The number of halogens is 1. The Balaban J connectivity index is 1.51. The molecule has 1 N–H and O–H groups in total. The van der Waals surface area contributed by atoms with Crippen LogP contribution in [0.2, 0.25) is 5.02 Å². The Morgan fingerprint density at radius 1 is 1.05 bits per heavy atom. The van der Waals surface area contributed by atoms with Gasteiger partial charge in [0, 0.05) is 49.3 Å². The fourth-order valence-corrected chi connectivity index (χ4v) is 6.44. The van der Waals surface area contributed by atoms with Gasteiger partial charge < -0.3 is 5.32 Å². The smallest absolute Gasteiger partial charge is 0.270 e. The Morgan fingerprint density at radius 2 is 1.81 bits per heavy atom. The number of nitro benzene ring substituents is 1. The maximum absolute atomic E-state index is 13.4. The van der Waals surface area contributed by atoms with Gasteiger partial charge in [0.15, 0.2) is 0 Å². The molecule has 0 atom stereocenters. The number of nitrogens with zero attached hydrogens (tertiary/aromatic N) is 2. The standard InChI is InChI=1S/C28H22ClN3O3S2/c29-19-10-13-22(14-11-19)36-24-15-12-21(32(34)35)16-18(24)17-30-28-26(23-8-4-5-9-25(23)37-28)27(33)31-20-6-2-1-3-7-20/h1-3,6-7,10-17H,4-5,8-9H2,(H,31,33). The molecule has 0 radical (unpaired) electrons. The van der Waals surface area contributed by atoms with Crippen molar-refractivity contribution in [2.75, 3.05) is 5.32 Å². The van der Waals surface area contributed by atoms with E-state index in [1.807, 2.05) is 42.5 Å². The van der Waals surface area contributed by atoms with Gasteiger partial charge in [-0.15, -0.1) is 11.3 Å². The van der Waals surface area contributed by atoms with Crippen LogP contribution in [0.25, 0.3) is 0 Å². The number of aliphatic imine (C=N–C) groups is 1. The monoisotopic (exact) mass is 547 g/mol. The third-order valence-corrected chi connectivity index (χ3v) is 8.53. The van der Waals surface area contributed by atoms with Crippen LogP contribution in [-0.2, 0) is 12.8 Å². The molecule has 9 heteroatoms. The summed E-state index contributed by atoms with van der Waals surface area (Å²) in [6, 6.07) is 21.5. The first-order chi connectivity index (χ1) is 18.0. The van der Waals surface area contributed by atoms with Crippen LogP contribution in [0, 0.1) is 10.1 Å². The van der Waals surface area contributed by atoms with Crippen molar-refractivity contribution in [1.29, 1.82) is 0 Å². The summed E-state index contributed by atoms with van der Waals surface area (Å²) in [6.07, 6.45) is 5.51. The zero-order chi connectivity index (χ0) is 25.8. The Bertz CT molecular complexity index is 1480. The topological polar surface area (TPSA) is 84.6 Å². The zero-order valence-electron chi connectivity index (χ0n) is 19.6. The molecule has 0 saturated heterocycles. The third kappa shape index (κ3) is 5.93. The number of non-ortho nitro benzene ring substituents is 1. The number of hydrogen-bond acceptors (Lipinski definition) is 6. The first-order valence-corrected chi connectivity index (χ1v) is 13.8. The highest BCUT2D eigenvalue weighted by Gasteiger charge is 2.25. The van der Waals surface area contributed by atoms with Gasteiger partial charge in [0.05, 0.1) is 10.5 Å². The van der Waals surface area contributed by atoms with Gasteiger partial charge in [0.25, 0.3) is 11.6 Å². The summed E-state index contributed by atoms with van der Waals surface area (Å²) >= 11 is 9.01. The quantitative estimate of drug-likeness (QED) is 0.143. The van der Waals surface area contributed by atoms with Crippen molar-refractivity contribution in [3.8, 4) is 0 Å². The average Bonchev–Trinajstić information content (AvgIpc) is 3.28. The number of nitrogens with one attached hydrogen (secondary N) is 1. The van der Waals surface area contributed by atoms with E-state index in [0.29, 0.717) is 21.2 Å². The fourth-order valence-electron chi connectivity index (χ4n) is 4.19. The molecular weight excluding hydrogens is 526 g/mol. The van der Waals surface area contributed by atoms with E-state index in [-0.39, 0.29) is 11.6 Å². The van der Waals surface area contributed by atoms with Gasteiger partial charge in [-0.1, -0.05) is 41.6 Å². The Kier molecular flexibility index (Phi) is 7.69. The molecule has 0 saturated carbocycles. The zero-order valence-corrected chi connectivity index (χ0v) is 22.0. The van der Waals surface area contributed by atoms with Crippen LogP contribution in [0.3, 0.4) is 0 Å². The summed E-state index contributed by atoms with van der Waals surface area (Å²) in [5.41, 5.74) is 2.96. The summed E-state index contributed by atoms with van der Waals surface area (Å²) in [4.78, 5) is 32.1. The highest BCUT2D eigenvalue weighted by molar-refractivity contribution is 7.99. The van der Waals surface area contributed by atoms with E-state index in [1.165, 1.54) is 40.1 Å². The molecule has 6 nitrogen and oxygen atoms in total. The second-order valence-electron chi connectivity index (χ2n) is 8.50. The number of anilines is 1. The molecular formula is C28H22ClN3O3S2. The maximum Gasteiger partial charge on any atom is 0.270 e. The average molecular weight is 548 g/mol. The maximum atomic E-state index is 13.4. The minimum atomic E-state index is -0.420. The molecule has 0 aliphatic heterocycles. The lowest BCUT2D eigenvalue weighted by atomic mass is 9.95. The number of carbonyl (C=O) groups excluding carboxylic acids is 1. The normalized spacial score (nSPS) is 12.9. The van der Waals surface area contributed by atoms with E-state index in [4.69, 9.17) is 16.6 Å². The molecule has 1 amide bonds. The van der Waals surface area contributed by atoms with E-state index >= 15 is 0 Å². The lowest BCUT2D eigenvalue weighted by Crippen LogP contribution is -2.14. The summed E-state index contributed by atoms with van der Waals surface area (Å²) in [5, 5.41) is 15.7.